The summed E-state index contributed by atoms with van der Waals surface area (Å²) in [5.41, 5.74) is 0. The van der Waals surface area contributed by atoms with Crippen LogP contribution in [0.1, 0.15) is 34.6 Å². The van der Waals surface area contributed by atoms with E-state index in [-0.39, 0.29) is 23.4 Å². The van der Waals surface area contributed by atoms with Crippen molar-refractivity contribution in [1.29, 1.82) is 0 Å². The Morgan fingerprint density at radius 2 is 1.94 bits per heavy atom. The van der Waals surface area contributed by atoms with E-state index in [9.17, 15) is 4.79 Å². The van der Waals surface area contributed by atoms with E-state index in [4.69, 9.17) is 0 Å². The van der Waals surface area contributed by atoms with Crippen molar-refractivity contribution in [1.82, 2.24) is 9.80 Å². The van der Waals surface area contributed by atoms with Gasteiger partial charge in [0.2, 0.25) is 0 Å². The van der Waals surface area contributed by atoms with Gasteiger partial charge < -0.3 is 4.90 Å². The van der Waals surface area contributed by atoms with Gasteiger partial charge in [-0.15, -0.1) is 11.8 Å². The number of carbonyl (C=O) groups excluding carboxylic acids is 1. The maximum atomic E-state index is 12.5. The molecule has 0 saturated carbocycles. The minimum absolute atomic E-state index is 0.0507. The average Bonchev–Trinajstić information content (AvgIpc) is 2.63. The van der Waals surface area contributed by atoms with E-state index in [0.717, 1.165) is 18.8 Å². The quantitative estimate of drug-likeness (QED) is 0.756. The first kappa shape index (κ1) is 13.8. The molecule has 1 amide bonds. The van der Waals surface area contributed by atoms with E-state index in [1.807, 2.05) is 4.90 Å². The van der Waals surface area contributed by atoms with Crippen molar-refractivity contribution >= 4 is 17.7 Å². The van der Waals surface area contributed by atoms with Crippen LogP contribution in [0.5, 0.6) is 0 Å². The minimum Gasteiger partial charge on any atom is -0.336 e. The highest BCUT2D eigenvalue weighted by molar-refractivity contribution is 8.00. The predicted octanol–water partition coefficient (Wildman–Crippen LogP) is 2.03. The van der Waals surface area contributed by atoms with Crippen molar-refractivity contribution in [3.8, 4) is 0 Å². The van der Waals surface area contributed by atoms with Gasteiger partial charge in [0.1, 0.15) is 5.37 Å². The number of hydrogen-bond acceptors (Lipinski definition) is 3. The second kappa shape index (κ2) is 5.92. The van der Waals surface area contributed by atoms with Crippen LogP contribution in [0.3, 0.4) is 0 Å². The van der Waals surface area contributed by atoms with E-state index in [1.165, 1.54) is 0 Å². The number of hydrogen-bond donors (Lipinski definition) is 0. The van der Waals surface area contributed by atoms with Gasteiger partial charge in [-0.2, -0.15) is 0 Å². The molecule has 1 saturated heterocycles. The third-order valence-corrected chi connectivity index (χ3v) is 4.20. The number of thioether (sulfide) groups is 1. The van der Waals surface area contributed by atoms with Crippen molar-refractivity contribution < 1.29 is 4.79 Å². The zero-order valence-corrected chi connectivity index (χ0v) is 11.9. The van der Waals surface area contributed by atoms with Crippen LogP contribution >= 0.6 is 11.8 Å². The smallest absolute Gasteiger partial charge is 0.250 e. The molecular weight excluding hydrogens is 220 g/mol. The van der Waals surface area contributed by atoms with Gasteiger partial charge in [-0.1, -0.05) is 6.92 Å². The minimum atomic E-state index is 0.0507. The lowest BCUT2D eigenvalue weighted by Gasteiger charge is -2.34. The SMILES string of the molecule is CCN1CCSC1C(=O)N(C(C)C)C(C)C. The molecule has 0 radical (unpaired) electrons. The molecule has 94 valence electrons. The monoisotopic (exact) mass is 244 g/mol. The third kappa shape index (κ3) is 2.92. The summed E-state index contributed by atoms with van der Waals surface area (Å²) in [6, 6.07) is 0.569. The fourth-order valence-electron chi connectivity index (χ4n) is 2.29. The Labute approximate surface area is 104 Å². The second-order valence-corrected chi connectivity index (χ2v) is 5.97. The van der Waals surface area contributed by atoms with Crippen molar-refractivity contribution in [2.75, 3.05) is 18.8 Å². The summed E-state index contributed by atoms with van der Waals surface area (Å²) in [6.45, 7) is 12.5. The molecule has 0 N–H and O–H groups in total. The Balaban J connectivity index is 2.74. The molecule has 0 aliphatic carbocycles. The van der Waals surface area contributed by atoms with Crippen LogP contribution in [-0.4, -0.2) is 52.0 Å². The van der Waals surface area contributed by atoms with E-state index < -0.39 is 0 Å². The molecule has 16 heavy (non-hydrogen) atoms. The summed E-state index contributed by atoms with van der Waals surface area (Å²) in [6.07, 6.45) is 0. The molecule has 1 unspecified atom stereocenters. The first-order chi connectivity index (χ1) is 7.49. The van der Waals surface area contributed by atoms with Crippen LogP contribution in [0.15, 0.2) is 0 Å². The average molecular weight is 244 g/mol. The van der Waals surface area contributed by atoms with E-state index in [1.54, 1.807) is 11.8 Å². The van der Waals surface area contributed by atoms with Gasteiger partial charge in [-0.25, -0.2) is 0 Å². The fraction of sp³-hybridized carbons (Fsp3) is 0.917. The molecule has 1 rings (SSSR count). The summed E-state index contributed by atoms with van der Waals surface area (Å²) >= 11 is 1.78. The maximum Gasteiger partial charge on any atom is 0.250 e. The van der Waals surface area contributed by atoms with Crippen molar-refractivity contribution in [2.24, 2.45) is 0 Å². The molecule has 4 heteroatoms. The molecule has 1 heterocycles. The standard InChI is InChI=1S/C12H24N2OS/c1-6-13-7-8-16-12(13)11(15)14(9(2)3)10(4)5/h9-10,12H,6-8H2,1-5H3. The Morgan fingerprint density at radius 3 is 2.38 bits per heavy atom. The summed E-state index contributed by atoms with van der Waals surface area (Å²) in [5.74, 6) is 1.36. The van der Waals surface area contributed by atoms with Crippen molar-refractivity contribution in [2.45, 2.75) is 52.1 Å². The third-order valence-electron chi connectivity index (χ3n) is 2.97. The van der Waals surface area contributed by atoms with Gasteiger partial charge in [0.15, 0.2) is 0 Å². The lowest BCUT2D eigenvalue weighted by Crippen LogP contribution is -2.50. The Bertz CT molecular complexity index is 235. The maximum absolute atomic E-state index is 12.5. The Hall–Kier alpha value is -0.220. The van der Waals surface area contributed by atoms with Gasteiger partial charge >= 0.3 is 0 Å². The summed E-state index contributed by atoms with van der Waals surface area (Å²) in [5, 5.41) is 0.0507. The molecule has 1 aliphatic heterocycles. The number of rotatable bonds is 4. The topological polar surface area (TPSA) is 23.6 Å². The van der Waals surface area contributed by atoms with Gasteiger partial charge in [-0.05, 0) is 34.2 Å². The normalized spacial score (nSPS) is 22.1. The largest absolute Gasteiger partial charge is 0.336 e. The summed E-state index contributed by atoms with van der Waals surface area (Å²) in [4.78, 5) is 16.7. The van der Waals surface area contributed by atoms with E-state index >= 15 is 0 Å². The predicted molar refractivity (Wildman–Crippen MR) is 70.6 cm³/mol. The molecule has 0 aromatic rings. The highest BCUT2D eigenvalue weighted by atomic mass is 32.2. The van der Waals surface area contributed by atoms with Gasteiger partial charge in [-0.3, -0.25) is 9.69 Å². The van der Waals surface area contributed by atoms with E-state index in [0.29, 0.717) is 0 Å². The molecule has 0 spiro atoms. The van der Waals surface area contributed by atoms with Crippen LogP contribution in [0.2, 0.25) is 0 Å². The Morgan fingerprint density at radius 1 is 1.38 bits per heavy atom. The van der Waals surface area contributed by atoms with Crippen LogP contribution in [-0.2, 0) is 4.79 Å². The van der Waals surface area contributed by atoms with Gasteiger partial charge in [0.25, 0.3) is 5.91 Å². The van der Waals surface area contributed by atoms with Gasteiger partial charge in [0.05, 0.1) is 0 Å². The first-order valence-corrected chi connectivity index (χ1v) is 7.21. The summed E-state index contributed by atoms with van der Waals surface area (Å²) < 4.78 is 0. The first-order valence-electron chi connectivity index (χ1n) is 6.16. The Kier molecular flexibility index (Phi) is 5.12. The van der Waals surface area contributed by atoms with Crippen molar-refractivity contribution in [3.63, 3.8) is 0 Å². The zero-order chi connectivity index (χ0) is 12.3. The number of amides is 1. The molecule has 0 bridgehead atoms. The molecule has 1 atom stereocenters. The van der Waals surface area contributed by atoms with Crippen LogP contribution in [0, 0.1) is 0 Å². The molecule has 1 fully saturated rings. The second-order valence-electron chi connectivity index (χ2n) is 4.78. The van der Waals surface area contributed by atoms with Crippen LogP contribution in [0.25, 0.3) is 0 Å². The van der Waals surface area contributed by atoms with Crippen molar-refractivity contribution in [3.05, 3.63) is 0 Å². The van der Waals surface area contributed by atoms with E-state index in [2.05, 4.69) is 39.5 Å². The highest BCUT2D eigenvalue weighted by Crippen LogP contribution is 2.26. The number of nitrogens with zero attached hydrogens (tertiary/aromatic N) is 2. The fourth-order valence-corrected chi connectivity index (χ4v) is 3.58. The number of carbonyl (C=O) groups is 1. The molecule has 0 aromatic heterocycles. The number of likely N-dealkylation sites (N-methyl/N-ethyl adjacent to an activating group) is 1. The van der Waals surface area contributed by atoms with Gasteiger partial charge in [0, 0.05) is 24.4 Å². The molecular formula is C12H24N2OS. The molecule has 0 aromatic carbocycles. The molecule has 3 nitrogen and oxygen atoms in total. The summed E-state index contributed by atoms with van der Waals surface area (Å²) in [7, 11) is 0. The lowest BCUT2D eigenvalue weighted by molar-refractivity contribution is -0.137. The zero-order valence-electron chi connectivity index (χ0n) is 11.1. The molecule has 1 aliphatic rings. The van der Waals surface area contributed by atoms with Crippen LogP contribution in [0.4, 0.5) is 0 Å². The lowest BCUT2D eigenvalue weighted by atomic mass is 10.2. The van der Waals surface area contributed by atoms with Crippen LogP contribution < -0.4 is 0 Å². The highest BCUT2D eigenvalue weighted by Gasteiger charge is 2.35.